The Kier molecular flexibility index (Phi) is 2.35. The van der Waals surface area contributed by atoms with Crippen LogP contribution in [-0.2, 0) is 4.74 Å². The highest BCUT2D eigenvalue weighted by Gasteiger charge is 2.36. The average Bonchev–Trinajstić information content (AvgIpc) is 2.22. The Labute approximate surface area is 95.8 Å². The van der Waals surface area contributed by atoms with Gasteiger partial charge in [0.15, 0.2) is 11.5 Å². The fourth-order valence-corrected chi connectivity index (χ4v) is 1.86. The molecule has 0 saturated heterocycles. The first-order chi connectivity index (χ1) is 7.43. The second kappa shape index (κ2) is 3.45. The zero-order valence-electron chi connectivity index (χ0n) is 8.27. The molecular formula is C10H9ClO5. The Bertz CT molecular complexity index is 471. The van der Waals surface area contributed by atoms with E-state index in [0.717, 1.165) is 6.07 Å². The van der Waals surface area contributed by atoms with Crippen molar-refractivity contribution in [2.24, 2.45) is 0 Å². The zero-order valence-corrected chi connectivity index (χ0v) is 9.02. The summed E-state index contributed by atoms with van der Waals surface area (Å²) in [5.74, 6) is -2.76. The molecule has 0 fully saturated rings. The molecular weight excluding hydrogens is 236 g/mol. The highest BCUT2D eigenvalue weighted by atomic mass is 35.5. The Morgan fingerprint density at radius 2 is 1.94 bits per heavy atom. The Morgan fingerprint density at radius 1 is 1.31 bits per heavy atom. The molecule has 16 heavy (non-hydrogen) atoms. The molecule has 1 aliphatic heterocycles. The van der Waals surface area contributed by atoms with E-state index >= 15 is 0 Å². The molecule has 1 unspecified atom stereocenters. The van der Waals surface area contributed by atoms with E-state index < -0.39 is 34.7 Å². The van der Waals surface area contributed by atoms with E-state index in [4.69, 9.17) is 16.3 Å². The van der Waals surface area contributed by atoms with Gasteiger partial charge in [0, 0.05) is 0 Å². The smallest absolute Gasteiger partial charge is 0.342 e. The molecule has 3 N–H and O–H groups in total. The van der Waals surface area contributed by atoms with E-state index in [9.17, 15) is 20.1 Å². The minimum Gasteiger partial charge on any atom is -0.504 e. The number of hydrogen-bond acceptors (Lipinski definition) is 5. The summed E-state index contributed by atoms with van der Waals surface area (Å²) in [5, 5.41) is 27.5. The largest absolute Gasteiger partial charge is 0.504 e. The zero-order chi connectivity index (χ0) is 12.0. The summed E-state index contributed by atoms with van der Waals surface area (Å²) >= 11 is 5.98. The fourth-order valence-electron chi connectivity index (χ4n) is 1.64. The standard InChI is InChI=1S/C10H9ClO5/c1-3-7(11)4-2-5(12)8(13)9(14)6(4)10(15)16-3/h2-3,7,12-14H,1H3/t3-,7?/m1/s1. The van der Waals surface area contributed by atoms with Gasteiger partial charge in [-0.25, -0.2) is 4.79 Å². The molecule has 1 aromatic rings. The van der Waals surface area contributed by atoms with Gasteiger partial charge in [0.2, 0.25) is 5.75 Å². The number of phenolic OH excluding ortho intramolecular Hbond substituents is 3. The van der Waals surface area contributed by atoms with E-state index in [0.29, 0.717) is 0 Å². The lowest BCUT2D eigenvalue weighted by molar-refractivity contribution is 0.0283. The van der Waals surface area contributed by atoms with Gasteiger partial charge in [0.05, 0.1) is 5.38 Å². The number of halogens is 1. The van der Waals surface area contributed by atoms with Gasteiger partial charge in [0.1, 0.15) is 11.7 Å². The van der Waals surface area contributed by atoms with Gasteiger partial charge in [-0.2, -0.15) is 0 Å². The number of benzene rings is 1. The predicted octanol–water partition coefficient (Wildman–Crippen LogP) is 1.64. The van der Waals surface area contributed by atoms with Crippen LogP contribution in [-0.4, -0.2) is 27.4 Å². The lowest BCUT2D eigenvalue weighted by atomic mass is 9.97. The third-order valence-corrected chi connectivity index (χ3v) is 3.08. The third kappa shape index (κ3) is 1.36. The maximum absolute atomic E-state index is 11.5. The van der Waals surface area contributed by atoms with Crippen molar-refractivity contribution in [3.05, 3.63) is 17.2 Å². The molecule has 1 aliphatic rings. The second-order valence-corrected chi connectivity index (χ2v) is 4.04. The minimum atomic E-state index is -0.771. The number of phenols is 3. The van der Waals surface area contributed by atoms with Crippen LogP contribution in [0.2, 0.25) is 0 Å². The molecule has 2 rings (SSSR count). The summed E-state index contributed by atoms with van der Waals surface area (Å²) in [7, 11) is 0. The molecule has 0 saturated carbocycles. The number of carbonyl (C=O) groups excluding carboxylic acids is 1. The van der Waals surface area contributed by atoms with Crippen LogP contribution in [0.4, 0.5) is 0 Å². The summed E-state index contributed by atoms with van der Waals surface area (Å²) in [5.41, 5.74) is 0.0478. The van der Waals surface area contributed by atoms with Crippen LogP contribution in [0.5, 0.6) is 17.2 Å². The maximum atomic E-state index is 11.5. The number of rotatable bonds is 0. The van der Waals surface area contributed by atoms with Gasteiger partial charge in [-0.15, -0.1) is 11.6 Å². The first-order valence-electron chi connectivity index (χ1n) is 4.56. The first kappa shape index (κ1) is 10.9. The molecule has 0 aliphatic carbocycles. The van der Waals surface area contributed by atoms with E-state index in [2.05, 4.69) is 0 Å². The van der Waals surface area contributed by atoms with Gasteiger partial charge in [-0.1, -0.05) is 0 Å². The molecule has 0 aromatic heterocycles. The van der Waals surface area contributed by atoms with Crippen molar-refractivity contribution >= 4 is 17.6 Å². The summed E-state index contributed by atoms with van der Waals surface area (Å²) < 4.78 is 4.88. The van der Waals surface area contributed by atoms with Crippen molar-refractivity contribution in [3.63, 3.8) is 0 Å². The van der Waals surface area contributed by atoms with Gasteiger partial charge in [0.25, 0.3) is 0 Å². The van der Waals surface area contributed by atoms with Gasteiger partial charge in [-0.3, -0.25) is 0 Å². The summed E-state index contributed by atoms with van der Waals surface area (Å²) in [6.45, 7) is 1.60. The predicted molar refractivity (Wildman–Crippen MR) is 54.9 cm³/mol. The third-order valence-electron chi connectivity index (χ3n) is 2.49. The van der Waals surface area contributed by atoms with E-state index in [1.807, 2.05) is 0 Å². The molecule has 0 radical (unpaired) electrons. The van der Waals surface area contributed by atoms with E-state index in [1.165, 1.54) is 0 Å². The Balaban J connectivity index is 2.72. The van der Waals surface area contributed by atoms with Crippen LogP contribution < -0.4 is 0 Å². The van der Waals surface area contributed by atoms with Crippen molar-refractivity contribution in [1.82, 2.24) is 0 Å². The quantitative estimate of drug-likeness (QED) is 0.367. The Morgan fingerprint density at radius 3 is 2.56 bits per heavy atom. The van der Waals surface area contributed by atoms with Crippen LogP contribution in [0, 0.1) is 0 Å². The van der Waals surface area contributed by atoms with Crippen molar-refractivity contribution < 1.29 is 24.9 Å². The number of esters is 1. The number of cyclic esters (lactones) is 1. The number of alkyl halides is 1. The van der Waals surface area contributed by atoms with Crippen LogP contribution in [0.1, 0.15) is 28.2 Å². The topological polar surface area (TPSA) is 87.0 Å². The van der Waals surface area contributed by atoms with E-state index in [-0.39, 0.29) is 11.1 Å². The lowest BCUT2D eigenvalue weighted by Gasteiger charge is -2.27. The van der Waals surface area contributed by atoms with Crippen LogP contribution in [0.15, 0.2) is 6.07 Å². The Hall–Kier alpha value is -1.62. The highest BCUT2D eigenvalue weighted by molar-refractivity contribution is 6.22. The van der Waals surface area contributed by atoms with Crippen LogP contribution >= 0.6 is 11.6 Å². The maximum Gasteiger partial charge on any atom is 0.342 e. The number of fused-ring (bicyclic) bond motifs is 1. The molecule has 0 spiro atoms. The second-order valence-electron chi connectivity index (χ2n) is 3.57. The first-order valence-corrected chi connectivity index (χ1v) is 5.00. The summed E-state index contributed by atoms with van der Waals surface area (Å²) in [4.78, 5) is 11.5. The van der Waals surface area contributed by atoms with Crippen LogP contribution in [0.25, 0.3) is 0 Å². The van der Waals surface area contributed by atoms with Crippen molar-refractivity contribution in [2.75, 3.05) is 0 Å². The molecule has 1 heterocycles. The molecule has 1 aromatic carbocycles. The number of hydrogen-bond donors (Lipinski definition) is 3. The molecule has 6 heteroatoms. The fraction of sp³-hybridized carbons (Fsp3) is 0.300. The molecule has 0 amide bonds. The number of aromatic hydroxyl groups is 3. The average molecular weight is 245 g/mol. The van der Waals surface area contributed by atoms with Gasteiger partial charge >= 0.3 is 5.97 Å². The van der Waals surface area contributed by atoms with Crippen molar-refractivity contribution in [1.29, 1.82) is 0 Å². The SMILES string of the molecule is C[C@H]1OC(=O)c2c(cc(O)c(O)c2O)C1Cl. The lowest BCUT2D eigenvalue weighted by Crippen LogP contribution is -2.27. The molecule has 86 valence electrons. The number of carbonyl (C=O) groups is 1. The molecule has 2 atom stereocenters. The van der Waals surface area contributed by atoms with Crippen molar-refractivity contribution in [2.45, 2.75) is 18.4 Å². The summed E-state index contributed by atoms with van der Waals surface area (Å²) in [6, 6.07) is 1.15. The van der Waals surface area contributed by atoms with Gasteiger partial charge in [-0.05, 0) is 18.6 Å². The normalized spacial score (nSPS) is 23.8. The van der Waals surface area contributed by atoms with Crippen molar-refractivity contribution in [3.8, 4) is 17.2 Å². The van der Waals surface area contributed by atoms with Crippen LogP contribution in [0.3, 0.4) is 0 Å². The summed E-state index contributed by atoms with van der Waals surface area (Å²) in [6.07, 6.45) is -0.565. The number of ether oxygens (including phenoxy) is 1. The van der Waals surface area contributed by atoms with E-state index in [1.54, 1.807) is 6.92 Å². The monoisotopic (exact) mass is 244 g/mol. The highest BCUT2D eigenvalue weighted by Crippen LogP contribution is 2.46. The molecule has 0 bridgehead atoms. The molecule has 5 nitrogen and oxygen atoms in total. The van der Waals surface area contributed by atoms with Gasteiger partial charge < -0.3 is 20.1 Å². The minimum absolute atomic E-state index is 0.201.